The lowest BCUT2D eigenvalue weighted by Crippen LogP contribution is -2.36. The summed E-state index contributed by atoms with van der Waals surface area (Å²) in [6.45, 7) is 16.1. The second-order valence-electron chi connectivity index (χ2n) is 12.1. The summed E-state index contributed by atoms with van der Waals surface area (Å²) in [7, 11) is 0. The standard InChI is InChI=1S/C10H12F2.C9H10F2.C8H12N2O3.C7H11N3O2/c1-6(2)8-4-7(3)9(11)5-10(8)12;1-6(2)8-4-3-7(10)5-9(8)11;1-5(2)10-3-6(4-11)7(12)9-8(10)13;1-4(2)5-3-10(8)7(12)9-6(5)11/h4-6H,1-3H3;3-6H,1-2H3;3,5,11H,4H2,1-2H3,(H,9,12,13);3-4H,8H2,1-2H3,(H,9,11,12). The van der Waals surface area contributed by atoms with Crippen molar-refractivity contribution in [2.45, 2.75) is 92.7 Å². The van der Waals surface area contributed by atoms with E-state index in [4.69, 9.17) is 10.9 Å². The van der Waals surface area contributed by atoms with Crippen LogP contribution in [0.2, 0.25) is 0 Å². The summed E-state index contributed by atoms with van der Waals surface area (Å²) >= 11 is 0. The summed E-state index contributed by atoms with van der Waals surface area (Å²) in [5.74, 6) is 3.62. The number of H-pyrrole nitrogens is 2. The van der Waals surface area contributed by atoms with Gasteiger partial charge in [0.1, 0.15) is 23.3 Å². The van der Waals surface area contributed by atoms with Crippen molar-refractivity contribution in [1.29, 1.82) is 0 Å². The molecule has 0 spiro atoms. The quantitative estimate of drug-likeness (QED) is 0.162. The van der Waals surface area contributed by atoms with Gasteiger partial charge in [0.15, 0.2) is 0 Å². The third-order valence-electron chi connectivity index (χ3n) is 6.87. The minimum Gasteiger partial charge on any atom is -0.391 e. The van der Waals surface area contributed by atoms with Gasteiger partial charge in [0.25, 0.3) is 11.1 Å². The van der Waals surface area contributed by atoms with Crippen molar-refractivity contribution >= 4 is 0 Å². The Morgan fingerprint density at radius 3 is 1.69 bits per heavy atom. The molecular formula is C34H45F4N5O5. The van der Waals surface area contributed by atoms with Crippen LogP contribution in [0, 0.1) is 30.2 Å². The van der Waals surface area contributed by atoms with Gasteiger partial charge in [-0.2, -0.15) is 0 Å². The smallest absolute Gasteiger partial charge is 0.346 e. The summed E-state index contributed by atoms with van der Waals surface area (Å²) in [5, 5.41) is 8.78. The maximum Gasteiger partial charge on any atom is 0.346 e. The number of aliphatic hydroxyl groups excluding tert-OH is 1. The van der Waals surface area contributed by atoms with Crippen molar-refractivity contribution in [1.82, 2.24) is 19.2 Å². The highest BCUT2D eigenvalue weighted by atomic mass is 19.1. The van der Waals surface area contributed by atoms with Crippen LogP contribution >= 0.6 is 0 Å². The Bertz CT molecular complexity index is 1890. The van der Waals surface area contributed by atoms with Gasteiger partial charge in [-0.15, -0.1) is 0 Å². The molecule has 2 aromatic carbocycles. The lowest BCUT2D eigenvalue weighted by molar-refractivity contribution is 0.278. The largest absolute Gasteiger partial charge is 0.391 e. The van der Waals surface area contributed by atoms with Gasteiger partial charge in [-0.25, -0.2) is 31.8 Å². The topological polar surface area (TPSA) is 156 Å². The summed E-state index contributed by atoms with van der Waals surface area (Å²) < 4.78 is 53.3. The molecule has 10 nitrogen and oxygen atoms in total. The molecule has 0 bridgehead atoms. The first kappa shape index (κ1) is 41.3. The number of nitrogen functional groups attached to an aromatic ring is 1. The average Bonchev–Trinajstić information content (AvgIpc) is 2.97. The Morgan fingerprint density at radius 1 is 0.688 bits per heavy atom. The molecule has 4 aromatic rings. The first-order chi connectivity index (χ1) is 22.2. The van der Waals surface area contributed by atoms with Crippen LogP contribution in [-0.4, -0.2) is 24.3 Å². The van der Waals surface area contributed by atoms with Crippen LogP contribution in [0.25, 0.3) is 0 Å². The van der Waals surface area contributed by atoms with Crippen LogP contribution in [0.3, 0.4) is 0 Å². The van der Waals surface area contributed by atoms with E-state index < -0.39 is 40.2 Å². The fourth-order valence-electron chi connectivity index (χ4n) is 4.03. The highest BCUT2D eigenvalue weighted by molar-refractivity contribution is 5.27. The minimum atomic E-state index is -0.593. The second kappa shape index (κ2) is 18.6. The summed E-state index contributed by atoms with van der Waals surface area (Å²) in [4.78, 5) is 48.3. The molecule has 0 fully saturated rings. The van der Waals surface area contributed by atoms with Crippen LogP contribution in [-0.2, 0) is 6.61 Å². The van der Waals surface area contributed by atoms with Gasteiger partial charge in [-0.1, -0.05) is 53.7 Å². The van der Waals surface area contributed by atoms with Crippen molar-refractivity contribution in [3.63, 3.8) is 0 Å². The van der Waals surface area contributed by atoms with Crippen molar-refractivity contribution in [2.75, 3.05) is 5.84 Å². The molecule has 0 radical (unpaired) electrons. The highest BCUT2D eigenvalue weighted by Gasteiger charge is 2.10. The maximum atomic E-state index is 13.0. The molecule has 48 heavy (non-hydrogen) atoms. The summed E-state index contributed by atoms with van der Waals surface area (Å²) in [5.41, 5.74) is 0.425. The van der Waals surface area contributed by atoms with E-state index in [2.05, 4.69) is 9.97 Å². The Labute approximate surface area is 275 Å². The molecule has 2 heterocycles. The van der Waals surface area contributed by atoms with Crippen molar-refractivity contribution in [3.05, 3.63) is 135 Å². The molecule has 0 saturated heterocycles. The van der Waals surface area contributed by atoms with E-state index >= 15 is 0 Å². The van der Waals surface area contributed by atoms with Crippen LogP contribution in [0.1, 0.15) is 107 Å². The monoisotopic (exact) mass is 679 g/mol. The van der Waals surface area contributed by atoms with E-state index in [0.29, 0.717) is 22.3 Å². The molecule has 0 unspecified atom stereocenters. The number of nitrogens with two attached hydrogens (primary N) is 1. The van der Waals surface area contributed by atoms with Crippen LogP contribution in [0.5, 0.6) is 0 Å². The van der Waals surface area contributed by atoms with Crippen molar-refractivity contribution in [3.8, 4) is 0 Å². The van der Waals surface area contributed by atoms with Gasteiger partial charge in [0.05, 0.1) is 12.2 Å². The van der Waals surface area contributed by atoms with E-state index in [1.807, 2.05) is 55.4 Å². The number of halogens is 4. The van der Waals surface area contributed by atoms with Gasteiger partial charge in [0, 0.05) is 36.1 Å². The number of hydrogen-bond donors (Lipinski definition) is 4. The summed E-state index contributed by atoms with van der Waals surface area (Å²) in [6.07, 6.45) is 2.73. The lowest BCUT2D eigenvalue weighted by Gasteiger charge is -2.09. The van der Waals surface area contributed by atoms with Crippen LogP contribution < -0.4 is 28.3 Å². The first-order valence-electron chi connectivity index (χ1n) is 15.2. The van der Waals surface area contributed by atoms with Gasteiger partial charge in [-0.3, -0.25) is 24.1 Å². The number of rotatable bonds is 5. The summed E-state index contributed by atoms with van der Waals surface area (Å²) in [6, 6.07) is 6.15. The van der Waals surface area contributed by atoms with Gasteiger partial charge in [0.2, 0.25) is 0 Å². The van der Waals surface area contributed by atoms with E-state index in [-0.39, 0.29) is 41.5 Å². The van der Waals surface area contributed by atoms with Crippen LogP contribution in [0.4, 0.5) is 17.6 Å². The van der Waals surface area contributed by atoms with E-state index in [9.17, 15) is 36.7 Å². The number of aryl methyl sites for hydroxylation is 1. The number of aromatic amines is 2. The SMILES string of the molecule is CC(C)c1ccc(F)cc1F.CC(C)c1cn(N)c(=O)[nH]c1=O.CC(C)n1cc(CO)c(=O)[nH]c1=O.Cc1cc(C(C)C)c(F)cc1F. The zero-order chi connectivity index (χ0) is 37.0. The zero-order valence-electron chi connectivity index (χ0n) is 28.6. The molecule has 14 heteroatoms. The molecule has 4 rings (SSSR count). The zero-order valence-corrected chi connectivity index (χ0v) is 28.6. The fourth-order valence-corrected chi connectivity index (χ4v) is 4.03. The van der Waals surface area contributed by atoms with Crippen molar-refractivity contribution in [2.24, 2.45) is 0 Å². The Kier molecular flexibility index (Phi) is 16.0. The molecular weight excluding hydrogens is 634 g/mol. The fraction of sp³-hybridized carbons (Fsp3) is 0.412. The third kappa shape index (κ3) is 12.1. The van der Waals surface area contributed by atoms with Gasteiger partial charge < -0.3 is 10.9 Å². The number of nitrogens with zero attached hydrogens (tertiary/aromatic N) is 2. The second-order valence-corrected chi connectivity index (χ2v) is 12.1. The lowest BCUT2D eigenvalue weighted by atomic mass is 10.0. The average molecular weight is 680 g/mol. The molecule has 0 amide bonds. The molecule has 0 aliphatic rings. The molecule has 0 aliphatic heterocycles. The van der Waals surface area contributed by atoms with E-state index in [1.165, 1.54) is 29.1 Å². The van der Waals surface area contributed by atoms with Crippen molar-refractivity contribution < 1.29 is 22.7 Å². The molecule has 0 saturated carbocycles. The predicted molar refractivity (Wildman–Crippen MR) is 179 cm³/mol. The van der Waals surface area contributed by atoms with E-state index in [0.717, 1.165) is 16.8 Å². The minimum absolute atomic E-state index is 0.0327. The first-order valence-corrected chi connectivity index (χ1v) is 15.2. The molecule has 264 valence electrons. The van der Waals surface area contributed by atoms with Gasteiger partial charge in [-0.05, 0) is 61.3 Å². The predicted octanol–water partition coefficient (Wildman–Crippen LogP) is 5.47. The third-order valence-corrected chi connectivity index (χ3v) is 6.87. The number of aliphatic hydroxyl groups is 1. The Balaban J connectivity index is 0.000000320. The molecule has 0 atom stereocenters. The number of nitrogens with one attached hydrogen (secondary N) is 2. The van der Waals surface area contributed by atoms with E-state index in [1.54, 1.807) is 13.0 Å². The normalized spacial score (nSPS) is 10.7. The van der Waals surface area contributed by atoms with Crippen LogP contribution in [0.15, 0.2) is 61.9 Å². The number of benzene rings is 2. The highest BCUT2D eigenvalue weighted by Crippen LogP contribution is 2.21. The molecule has 5 N–H and O–H groups in total. The molecule has 0 aliphatic carbocycles. The molecule has 2 aromatic heterocycles. The van der Waals surface area contributed by atoms with Gasteiger partial charge >= 0.3 is 11.4 Å². The Hall–Kier alpha value is -4.72. The number of aromatic nitrogens is 4. The maximum absolute atomic E-state index is 13.0. The number of hydrogen-bond acceptors (Lipinski definition) is 6. The Morgan fingerprint density at radius 2 is 1.21 bits per heavy atom.